The Morgan fingerprint density at radius 1 is 1.34 bits per heavy atom. The van der Waals surface area contributed by atoms with Gasteiger partial charge in [-0.25, -0.2) is 4.99 Å². The highest BCUT2D eigenvalue weighted by Gasteiger charge is 2.26. The van der Waals surface area contributed by atoms with E-state index in [0.29, 0.717) is 17.6 Å². The van der Waals surface area contributed by atoms with E-state index in [4.69, 9.17) is 21.3 Å². The molecule has 2 aliphatic rings. The number of benzene rings is 1. The zero-order chi connectivity index (χ0) is 20.2. The second kappa shape index (κ2) is 8.90. The maximum atomic E-state index is 6.20. The minimum Gasteiger partial charge on any atom is -0.495 e. The molecule has 0 amide bonds. The molecule has 2 aromatic rings. The van der Waals surface area contributed by atoms with Crippen molar-refractivity contribution in [2.75, 3.05) is 31.6 Å². The number of hydrogen-bond acceptors (Lipinski definition) is 5. The van der Waals surface area contributed by atoms with Gasteiger partial charge in [0.15, 0.2) is 11.8 Å². The summed E-state index contributed by atoms with van der Waals surface area (Å²) in [6, 6.07) is 6.03. The number of hydrogen-bond donors (Lipinski definition) is 2. The van der Waals surface area contributed by atoms with E-state index in [1.807, 2.05) is 18.2 Å². The van der Waals surface area contributed by atoms with Crippen molar-refractivity contribution in [3.8, 4) is 5.75 Å². The number of ether oxygens (including phenoxy) is 1. The van der Waals surface area contributed by atoms with Crippen LogP contribution in [0, 0.1) is 0 Å². The third-order valence-corrected chi connectivity index (χ3v) is 5.65. The SMILES string of the molecule is CCNC(=NCc1nnc2n1CCC2)NC1CCN(c2cc(Cl)ccc2OC)C1. The van der Waals surface area contributed by atoms with Crippen molar-refractivity contribution < 1.29 is 4.74 Å². The van der Waals surface area contributed by atoms with Crippen LogP contribution >= 0.6 is 11.6 Å². The van der Waals surface area contributed by atoms with E-state index >= 15 is 0 Å². The lowest BCUT2D eigenvalue weighted by molar-refractivity contribution is 0.415. The van der Waals surface area contributed by atoms with Gasteiger partial charge in [-0.2, -0.15) is 0 Å². The number of halogens is 1. The van der Waals surface area contributed by atoms with Crippen molar-refractivity contribution in [1.82, 2.24) is 25.4 Å². The summed E-state index contributed by atoms with van der Waals surface area (Å²) in [6.07, 6.45) is 3.17. The Hall–Kier alpha value is -2.48. The molecule has 156 valence electrons. The Balaban J connectivity index is 1.41. The van der Waals surface area contributed by atoms with E-state index in [1.165, 1.54) is 0 Å². The maximum Gasteiger partial charge on any atom is 0.191 e. The van der Waals surface area contributed by atoms with Gasteiger partial charge in [0, 0.05) is 43.7 Å². The molecule has 1 saturated heterocycles. The van der Waals surface area contributed by atoms with Gasteiger partial charge in [0.25, 0.3) is 0 Å². The summed E-state index contributed by atoms with van der Waals surface area (Å²) in [5.41, 5.74) is 1.03. The van der Waals surface area contributed by atoms with Crippen LogP contribution in [0.1, 0.15) is 31.4 Å². The molecular formula is C20H28ClN7O. The van der Waals surface area contributed by atoms with Crippen molar-refractivity contribution in [2.45, 2.75) is 45.3 Å². The van der Waals surface area contributed by atoms with Gasteiger partial charge in [-0.05, 0) is 38.0 Å². The molecule has 8 nitrogen and oxygen atoms in total. The van der Waals surface area contributed by atoms with E-state index < -0.39 is 0 Å². The Bertz CT molecular complexity index is 882. The van der Waals surface area contributed by atoms with Crippen LogP contribution in [0.5, 0.6) is 5.75 Å². The molecule has 9 heteroatoms. The van der Waals surface area contributed by atoms with Crippen molar-refractivity contribution in [2.24, 2.45) is 4.99 Å². The Kier molecular flexibility index (Phi) is 6.08. The summed E-state index contributed by atoms with van der Waals surface area (Å²) in [6.45, 7) is 6.20. The van der Waals surface area contributed by atoms with Gasteiger partial charge in [0.2, 0.25) is 0 Å². The zero-order valence-corrected chi connectivity index (χ0v) is 17.7. The number of nitrogens with one attached hydrogen (secondary N) is 2. The molecule has 1 aromatic heterocycles. The first-order valence-electron chi connectivity index (χ1n) is 10.2. The molecule has 1 fully saturated rings. The fourth-order valence-corrected chi connectivity index (χ4v) is 4.16. The fourth-order valence-electron chi connectivity index (χ4n) is 4.00. The normalized spacial score (nSPS) is 18.8. The first-order chi connectivity index (χ1) is 14.2. The average molecular weight is 418 g/mol. The summed E-state index contributed by atoms with van der Waals surface area (Å²) in [7, 11) is 1.69. The molecule has 2 aliphatic heterocycles. The molecule has 1 unspecified atom stereocenters. The van der Waals surface area contributed by atoms with Gasteiger partial charge < -0.3 is 24.8 Å². The van der Waals surface area contributed by atoms with Gasteiger partial charge in [-0.3, -0.25) is 0 Å². The summed E-state index contributed by atoms with van der Waals surface area (Å²) in [5, 5.41) is 16.2. The number of rotatable bonds is 6. The van der Waals surface area contributed by atoms with E-state index in [9.17, 15) is 0 Å². The number of aryl methyl sites for hydroxylation is 1. The first-order valence-corrected chi connectivity index (χ1v) is 10.6. The van der Waals surface area contributed by atoms with Crippen molar-refractivity contribution in [1.29, 1.82) is 0 Å². The van der Waals surface area contributed by atoms with Gasteiger partial charge >= 0.3 is 0 Å². The highest BCUT2D eigenvalue weighted by atomic mass is 35.5. The number of guanidine groups is 1. The molecule has 0 bridgehead atoms. The van der Waals surface area contributed by atoms with E-state index in [-0.39, 0.29) is 0 Å². The van der Waals surface area contributed by atoms with Crippen molar-refractivity contribution in [3.63, 3.8) is 0 Å². The number of aromatic nitrogens is 3. The van der Waals surface area contributed by atoms with Crippen LogP contribution in [0.15, 0.2) is 23.2 Å². The molecule has 2 N–H and O–H groups in total. The van der Waals surface area contributed by atoms with Crippen molar-refractivity contribution in [3.05, 3.63) is 34.9 Å². The number of aliphatic imine (C=N–C) groups is 1. The van der Waals surface area contributed by atoms with Crippen LogP contribution in [0.3, 0.4) is 0 Å². The Morgan fingerprint density at radius 3 is 3.07 bits per heavy atom. The van der Waals surface area contributed by atoms with E-state index in [0.717, 1.165) is 74.5 Å². The molecule has 0 spiro atoms. The van der Waals surface area contributed by atoms with Gasteiger partial charge in [-0.1, -0.05) is 11.6 Å². The monoisotopic (exact) mass is 417 g/mol. The maximum absolute atomic E-state index is 6.20. The van der Waals surface area contributed by atoms with Crippen LogP contribution in [0.2, 0.25) is 5.02 Å². The van der Waals surface area contributed by atoms with Crippen LogP contribution < -0.4 is 20.3 Å². The highest BCUT2D eigenvalue weighted by Crippen LogP contribution is 2.33. The molecular weight excluding hydrogens is 390 g/mol. The number of methoxy groups -OCH3 is 1. The zero-order valence-electron chi connectivity index (χ0n) is 17.0. The average Bonchev–Trinajstić information content (AvgIpc) is 3.44. The smallest absolute Gasteiger partial charge is 0.191 e. The minimum atomic E-state index is 0.292. The molecule has 1 aromatic carbocycles. The quantitative estimate of drug-likeness (QED) is 0.554. The lowest BCUT2D eigenvalue weighted by atomic mass is 10.2. The minimum absolute atomic E-state index is 0.292. The lowest BCUT2D eigenvalue weighted by Crippen LogP contribution is -2.44. The molecule has 0 radical (unpaired) electrons. The van der Waals surface area contributed by atoms with Gasteiger partial charge in [0.1, 0.15) is 18.1 Å². The molecule has 29 heavy (non-hydrogen) atoms. The van der Waals surface area contributed by atoms with E-state index in [1.54, 1.807) is 7.11 Å². The molecule has 0 saturated carbocycles. The predicted molar refractivity (Wildman–Crippen MR) is 115 cm³/mol. The lowest BCUT2D eigenvalue weighted by Gasteiger charge is -2.22. The second-order valence-electron chi connectivity index (χ2n) is 7.37. The van der Waals surface area contributed by atoms with Crippen LogP contribution in [-0.2, 0) is 19.5 Å². The molecule has 1 atom stereocenters. The summed E-state index contributed by atoms with van der Waals surface area (Å²) in [4.78, 5) is 7.05. The summed E-state index contributed by atoms with van der Waals surface area (Å²) >= 11 is 6.20. The predicted octanol–water partition coefficient (Wildman–Crippen LogP) is 2.22. The van der Waals surface area contributed by atoms with Crippen LogP contribution in [0.4, 0.5) is 5.69 Å². The number of fused-ring (bicyclic) bond motifs is 1. The van der Waals surface area contributed by atoms with E-state index in [2.05, 4.69) is 37.2 Å². The third kappa shape index (κ3) is 4.42. The van der Waals surface area contributed by atoms with Gasteiger partial charge in [0.05, 0.1) is 12.8 Å². The number of anilines is 1. The Morgan fingerprint density at radius 2 is 2.24 bits per heavy atom. The fraction of sp³-hybridized carbons (Fsp3) is 0.550. The number of nitrogens with zero attached hydrogens (tertiary/aromatic N) is 5. The largest absolute Gasteiger partial charge is 0.495 e. The standard InChI is InChI=1S/C20H28ClN7O/c1-3-22-20(23-12-19-26-25-18-5-4-9-28(18)19)24-15-8-10-27(13-15)16-11-14(21)6-7-17(16)29-2/h6-7,11,15H,3-5,8-10,12-13H2,1-2H3,(H2,22,23,24). The first kappa shape index (κ1) is 19.8. The molecule has 3 heterocycles. The van der Waals surface area contributed by atoms with Crippen LogP contribution in [-0.4, -0.2) is 53.5 Å². The summed E-state index contributed by atoms with van der Waals surface area (Å²) < 4.78 is 7.70. The van der Waals surface area contributed by atoms with Crippen molar-refractivity contribution >= 4 is 23.2 Å². The third-order valence-electron chi connectivity index (χ3n) is 5.42. The Labute approximate surface area is 176 Å². The summed E-state index contributed by atoms with van der Waals surface area (Å²) in [5.74, 6) is 3.67. The molecule has 0 aliphatic carbocycles. The highest BCUT2D eigenvalue weighted by molar-refractivity contribution is 6.30. The molecule has 4 rings (SSSR count). The second-order valence-corrected chi connectivity index (χ2v) is 7.81. The topological polar surface area (TPSA) is 79.6 Å². The van der Waals surface area contributed by atoms with Crippen LogP contribution in [0.25, 0.3) is 0 Å². The van der Waals surface area contributed by atoms with Gasteiger partial charge in [-0.15, -0.1) is 10.2 Å².